The summed E-state index contributed by atoms with van der Waals surface area (Å²) in [6.07, 6.45) is 8.31. The summed E-state index contributed by atoms with van der Waals surface area (Å²) in [5, 5.41) is 0. The number of benzene rings is 2. The number of hydrogen-bond acceptors (Lipinski definition) is 1. The van der Waals surface area contributed by atoms with E-state index in [1.807, 2.05) is 0 Å². The molecule has 2 N–H and O–H groups in total. The van der Waals surface area contributed by atoms with E-state index in [-0.39, 0.29) is 10.8 Å². The normalized spacial score (nSPS) is 35.9. The molecule has 4 saturated carbocycles. The summed E-state index contributed by atoms with van der Waals surface area (Å²) in [5.41, 5.74) is 11.2. The molecule has 0 radical (unpaired) electrons. The molecular weight excluding hydrogens is 334 g/mol. The van der Waals surface area contributed by atoms with Gasteiger partial charge in [0.1, 0.15) is 0 Å². The minimum Gasteiger partial charge on any atom is -0.393 e. The van der Waals surface area contributed by atoms with Crippen molar-refractivity contribution in [3.8, 4) is 0 Å². The Balaban J connectivity index is 1.52. The predicted octanol–water partition coefficient (Wildman–Crippen LogP) is 5.20. The van der Waals surface area contributed by atoms with E-state index in [1.54, 1.807) is 5.57 Å². The Hall–Kier alpha value is -1.93. The van der Waals surface area contributed by atoms with Gasteiger partial charge in [-0.3, -0.25) is 0 Å². The molecule has 0 spiro atoms. The third-order valence-electron chi connectivity index (χ3n) is 7.33. The minimum absolute atomic E-state index is 0.0522. The van der Waals surface area contributed by atoms with E-state index in [9.17, 15) is 0 Å². The Morgan fingerprint density at radius 2 is 1.69 bits per heavy atom. The van der Waals surface area contributed by atoms with Gasteiger partial charge in [0.2, 0.25) is 0 Å². The Morgan fingerprint density at radius 1 is 1.00 bits per heavy atom. The van der Waals surface area contributed by atoms with Gasteiger partial charge in [0.05, 0.1) is 4.99 Å². The lowest BCUT2D eigenvalue weighted by Crippen LogP contribution is -2.40. The lowest BCUT2D eigenvalue weighted by molar-refractivity contribution is 0.238. The number of rotatable bonds is 4. The SMILES string of the molecule is NC(=S)C12CC3CC(c4ccccc4)(CC1/C3=C\Cc1ccccc1)C2. The molecule has 4 aliphatic rings. The van der Waals surface area contributed by atoms with Crippen LogP contribution in [0.3, 0.4) is 0 Å². The van der Waals surface area contributed by atoms with Crippen LogP contribution in [0, 0.1) is 17.3 Å². The van der Waals surface area contributed by atoms with Crippen LogP contribution in [0.4, 0.5) is 0 Å². The van der Waals surface area contributed by atoms with E-state index < -0.39 is 0 Å². The highest BCUT2D eigenvalue weighted by molar-refractivity contribution is 7.80. The van der Waals surface area contributed by atoms with E-state index in [0.29, 0.717) is 11.8 Å². The van der Waals surface area contributed by atoms with Crippen molar-refractivity contribution >= 4 is 17.2 Å². The van der Waals surface area contributed by atoms with E-state index in [2.05, 4.69) is 66.7 Å². The van der Waals surface area contributed by atoms with Crippen molar-refractivity contribution in [1.82, 2.24) is 0 Å². The summed E-state index contributed by atoms with van der Waals surface area (Å²) in [5.74, 6) is 1.19. The standard InChI is InChI=1S/C24H25NS/c25-22(26)24-14-18-13-23(16-24,19-9-5-2-6-10-19)15-21(24)20(18)12-11-17-7-3-1-4-8-17/h1-10,12,18,21H,11,13-16H2,(H2,25,26)/b20-12-. The molecule has 4 atom stereocenters. The molecule has 1 nitrogen and oxygen atoms in total. The average Bonchev–Trinajstić information content (AvgIpc) is 3.05. The molecule has 0 saturated heterocycles. The van der Waals surface area contributed by atoms with Gasteiger partial charge in [-0.05, 0) is 60.5 Å². The third-order valence-corrected chi connectivity index (χ3v) is 7.74. The zero-order valence-electron chi connectivity index (χ0n) is 15.0. The van der Waals surface area contributed by atoms with Gasteiger partial charge < -0.3 is 5.73 Å². The molecule has 4 bridgehead atoms. The van der Waals surface area contributed by atoms with Gasteiger partial charge in [-0.15, -0.1) is 0 Å². The first kappa shape index (κ1) is 16.3. The van der Waals surface area contributed by atoms with E-state index >= 15 is 0 Å². The molecule has 26 heavy (non-hydrogen) atoms. The predicted molar refractivity (Wildman–Crippen MR) is 111 cm³/mol. The Kier molecular flexibility index (Phi) is 3.62. The summed E-state index contributed by atoms with van der Waals surface area (Å²) in [6, 6.07) is 21.9. The lowest BCUT2D eigenvalue weighted by atomic mass is 9.63. The fraction of sp³-hybridized carbons (Fsp3) is 0.375. The van der Waals surface area contributed by atoms with Crippen LogP contribution >= 0.6 is 12.2 Å². The van der Waals surface area contributed by atoms with Crippen molar-refractivity contribution in [1.29, 1.82) is 0 Å². The Bertz CT molecular complexity index is 872. The molecule has 0 heterocycles. The van der Waals surface area contributed by atoms with Gasteiger partial charge in [-0.1, -0.05) is 84.5 Å². The fourth-order valence-electron chi connectivity index (χ4n) is 6.34. The maximum Gasteiger partial charge on any atom is 0.0796 e. The van der Waals surface area contributed by atoms with Gasteiger partial charge in [-0.25, -0.2) is 0 Å². The maximum atomic E-state index is 6.37. The number of thiocarbonyl (C=S) groups is 1. The lowest BCUT2D eigenvalue weighted by Gasteiger charge is -2.41. The molecule has 6 rings (SSSR count). The van der Waals surface area contributed by atoms with Crippen LogP contribution in [0.15, 0.2) is 72.3 Å². The number of nitrogens with two attached hydrogens (primary N) is 1. The van der Waals surface area contributed by atoms with Crippen LogP contribution in [0.1, 0.15) is 36.8 Å². The third kappa shape index (κ3) is 2.24. The van der Waals surface area contributed by atoms with Crippen molar-refractivity contribution in [3.63, 3.8) is 0 Å². The molecule has 4 aliphatic carbocycles. The molecule has 0 aliphatic heterocycles. The summed E-state index contributed by atoms with van der Waals surface area (Å²) in [6.45, 7) is 0. The molecule has 0 aromatic heterocycles. The molecule has 2 aromatic carbocycles. The zero-order chi connectivity index (χ0) is 17.8. The fourth-order valence-corrected chi connectivity index (χ4v) is 6.64. The quantitative estimate of drug-likeness (QED) is 0.600. The van der Waals surface area contributed by atoms with Gasteiger partial charge in [0.15, 0.2) is 0 Å². The highest BCUT2D eigenvalue weighted by atomic mass is 32.1. The minimum atomic E-state index is 0.0522. The van der Waals surface area contributed by atoms with Crippen LogP contribution in [0.2, 0.25) is 0 Å². The molecule has 2 heteroatoms. The van der Waals surface area contributed by atoms with Gasteiger partial charge in [0.25, 0.3) is 0 Å². The second kappa shape index (κ2) is 5.79. The van der Waals surface area contributed by atoms with Crippen molar-refractivity contribution in [2.45, 2.75) is 37.5 Å². The first-order valence-corrected chi connectivity index (χ1v) is 10.1. The first-order valence-electron chi connectivity index (χ1n) is 9.72. The van der Waals surface area contributed by atoms with Gasteiger partial charge >= 0.3 is 0 Å². The summed E-state index contributed by atoms with van der Waals surface area (Å²) in [7, 11) is 0. The number of hydrogen-bond donors (Lipinski definition) is 1. The second-order valence-electron chi connectivity index (χ2n) is 8.60. The Morgan fingerprint density at radius 3 is 2.38 bits per heavy atom. The molecule has 132 valence electrons. The maximum absolute atomic E-state index is 6.37. The van der Waals surface area contributed by atoms with Crippen LogP contribution in [0.5, 0.6) is 0 Å². The summed E-state index contributed by atoms with van der Waals surface area (Å²) >= 11 is 5.64. The van der Waals surface area contributed by atoms with Gasteiger partial charge in [0, 0.05) is 5.41 Å². The van der Waals surface area contributed by atoms with Crippen molar-refractivity contribution < 1.29 is 0 Å². The van der Waals surface area contributed by atoms with Crippen molar-refractivity contribution in [3.05, 3.63) is 83.4 Å². The largest absolute Gasteiger partial charge is 0.393 e. The van der Waals surface area contributed by atoms with E-state index in [1.165, 1.54) is 30.4 Å². The second-order valence-corrected chi connectivity index (χ2v) is 9.04. The average molecular weight is 360 g/mol. The van der Waals surface area contributed by atoms with Crippen molar-refractivity contribution in [2.75, 3.05) is 0 Å². The zero-order valence-corrected chi connectivity index (χ0v) is 15.8. The topological polar surface area (TPSA) is 26.0 Å². The van der Waals surface area contributed by atoms with E-state index in [4.69, 9.17) is 18.0 Å². The van der Waals surface area contributed by atoms with E-state index in [0.717, 1.165) is 17.8 Å². The van der Waals surface area contributed by atoms with Gasteiger partial charge in [-0.2, -0.15) is 0 Å². The molecule has 2 aromatic rings. The molecular formula is C24H25NS. The number of allylic oxidation sites excluding steroid dienone is 2. The van der Waals surface area contributed by atoms with Crippen LogP contribution in [-0.2, 0) is 11.8 Å². The van der Waals surface area contributed by atoms with Crippen LogP contribution < -0.4 is 5.73 Å². The molecule has 4 fully saturated rings. The smallest absolute Gasteiger partial charge is 0.0796 e. The molecule has 0 amide bonds. The van der Waals surface area contributed by atoms with Crippen LogP contribution in [-0.4, -0.2) is 4.99 Å². The van der Waals surface area contributed by atoms with Crippen molar-refractivity contribution in [2.24, 2.45) is 23.0 Å². The monoisotopic (exact) mass is 359 g/mol. The highest BCUT2D eigenvalue weighted by Gasteiger charge is 2.67. The van der Waals surface area contributed by atoms with Crippen LogP contribution in [0.25, 0.3) is 0 Å². The summed E-state index contributed by atoms with van der Waals surface area (Å²) in [4.78, 5) is 0.758. The highest BCUT2D eigenvalue weighted by Crippen LogP contribution is 2.72. The Labute approximate surface area is 161 Å². The molecule has 4 unspecified atom stereocenters. The summed E-state index contributed by atoms with van der Waals surface area (Å²) < 4.78 is 0. The first-order chi connectivity index (χ1) is 12.6.